The smallest absolute Gasteiger partial charge is 0.356 e. The lowest BCUT2D eigenvalue weighted by Gasteiger charge is -2.06. The van der Waals surface area contributed by atoms with Gasteiger partial charge in [0.2, 0.25) is 0 Å². The Balaban J connectivity index is 2.29. The number of aliphatic carboxylic acids is 1. The Bertz CT molecular complexity index is 815. The number of hydrogen-bond donors (Lipinski definition) is 2. The predicted octanol–water partition coefficient (Wildman–Crippen LogP) is 1.46. The second kappa shape index (κ2) is 6.93. The summed E-state index contributed by atoms with van der Waals surface area (Å²) in [6.45, 7) is 0. The third-order valence-corrected chi connectivity index (χ3v) is 4.12. The van der Waals surface area contributed by atoms with Crippen LogP contribution in [0.3, 0.4) is 0 Å². The van der Waals surface area contributed by atoms with Crippen LogP contribution in [0.2, 0.25) is 0 Å². The Morgan fingerprint density at radius 1 is 1.09 bits per heavy atom. The fourth-order valence-electron chi connectivity index (χ4n) is 1.75. The number of sulfonamides is 1. The maximum atomic E-state index is 12.1. The first-order chi connectivity index (χ1) is 10.9. The highest BCUT2D eigenvalue weighted by Crippen LogP contribution is 2.15. The van der Waals surface area contributed by atoms with Crippen LogP contribution in [0.15, 0.2) is 64.6 Å². The van der Waals surface area contributed by atoms with Gasteiger partial charge in [-0.1, -0.05) is 30.3 Å². The van der Waals surface area contributed by atoms with Crippen LogP contribution in [0.5, 0.6) is 5.75 Å². The molecule has 0 aliphatic rings. The van der Waals surface area contributed by atoms with Gasteiger partial charge in [-0.05, 0) is 24.3 Å². The summed E-state index contributed by atoms with van der Waals surface area (Å²) < 4.78 is 29.2. The molecule has 2 rings (SSSR count). The van der Waals surface area contributed by atoms with Gasteiger partial charge in [0.15, 0.2) is 5.71 Å². The highest BCUT2D eigenvalue weighted by molar-refractivity contribution is 7.89. The normalized spacial score (nSPS) is 11.8. The molecule has 0 atom stereocenters. The molecule has 0 aliphatic heterocycles. The van der Waals surface area contributed by atoms with Crippen molar-refractivity contribution in [2.45, 2.75) is 4.90 Å². The number of hydrazone groups is 1. The molecule has 0 fully saturated rings. The molecule has 0 heterocycles. The van der Waals surface area contributed by atoms with Crippen LogP contribution in [0.25, 0.3) is 0 Å². The number of ether oxygens (including phenoxy) is 1. The van der Waals surface area contributed by atoms with E-state index in [4.69, 9.17) is 4.74 Å². The van der Waals surface area contributed by atoms with Crippen molar-refractivity contribution in [3.63, 3.8) is 0 Å². The minimum Gasteiger partial charge on any atom is -0.497 e. The highest BCUT2D eigenvalue weighted by Gasteiger charge is 2.17. The van der Waals surface area contributed by atoms with Gasteiger partial charge in [-0.25, -0.2) is 4.79 Å². The molecule has 2 aromatic carbocycles. The number of carboxylic acid groups (broad SMARTS) is 1. The molecule has 0 spiro atoms. The summed E-state index contributed by atoms with van der Waals surface area (Å²) in [5, 5.41) is 12.7. The number of rotatable bonds is 6. The first-order valence-corrected chi connectivity index (χ1v) is 7.94. The first-order valence-electron chi connectivity index (χ1n) is 6.46. The SMILES string of the molecule is COc1ccc(S(=O)(=O)NN=C(C(=O)O)c2ccccc2)cc1. The lowest BCUT2D eigenvalue weighted by Crippen LogP contribution is -2.24. The zero-order valence-electron chi connectivity index (χ0n) is 12.1. The number of carbonyl (C=O) groups is 1. The molecule has 23 heavy (non-hydrogen) atoms. The Morgan fingerprint density at radius 2 is 1.70 bits per heavy atom. The summed E-state index contributed by atoms with van der Waals surface area (Å²) in [6.07, 6.45) is 0. The molecule has 2 N–H and O–H groups in total. The summed E-state index contributed by atoms with van der Waals surface area (Å²) in [4.78, 5) is 13.1. The van der Waals surface area contributed by atoms with Crippen molar-refractivity contribution >= 4 is 21.7 Å². The van der Waals surface area contributed by atoms with E-state index < -0.39 is 21.7 Å². The largest absolute Gasteiger partial charge is 0.497 e. The maximum Gasteiger partial charge on any atom is 0.356 e. The van der Waals surface area contributed by atoms with Gasteiger partial charge < -0.3 is 9.84 Å². The molecule has 2 aromatic rings. The van der Waals surface area contributed by atoms with Gasteiger partial charge >= 0.3 is 5.97 Å². The van der Waals surface area contributed by atoms with Gasteiger partial charge in [0.05, 0.1) is 12.0 Å². The number of methoxy groups -OCH3 is 1. The van der Waals surface area contributed by atoms with Crippen molar-refractivity contribution in [1.82, 2.24) is 4.83 Å². The molecule has 0 saturated heterocycles. The van der Waals surface area contributed by atoms with Crippen molar-refractivity contribution < 1.29 is 23.1 Å². The topological polar surface area (TPSA) is 105 Å². The van der Waals surface area contributed by atoms with Crippen molar-refractivity contribution in [2.24, 2.45) is 5.10 Å². The van der Waals surface area contributed by atoms with Crippen molar-refractivity contribution in [3.05, 3.63) is 60.2 Å². The van der Waals surface area contributed by atoms with E-state index in [1.54, 1.807) is 18.2 Å². The van der Waals surface area contributed by atoms with Crippen molar-refractivity contribution in [3.8, 4) is 5.75 Å². The van der Waals surface area contributed by atoms with E-state index in [2.05, 4.69) is 5.10 Å². The second-order valence-corrected chi connectivity index (χ2v) is 6.06. The van der Waals surface area contributed by atoms with Gasteiger partial charge in [-0.15, -0.1) is 0 Å². The predicted molar refractivity (Wildman–Crippen MR) is 83.9 cm³/mol. The third-order valence-electron chi connectivity index (χ3n) is 2.90. The van der Waals surface area contributed by atoms with E-state index in [0.717, 1.165) is 0 Å². The van der Waals surface area contributed by atoms with Gasteiger partial charge in [0, 0.05) is 5.56 Å². The summed E-state index contributed by atoms with van der Waals surface area (Å²) in [5.41, 5.74) is -0.111. The zero-order chi connectivity index (χ0) is 16.9. The standard InChI is InChI=1S/C15H14N2O5S/c1-22-12-7-9-13(10-8-12)23(20,21)17-16-14(15(18)19)11-5-3-2-4-6-11/h2-10,17H,1H3,(H,18,19). The Hall–Kier alpha value is -2.87. The van der Waals surface area contributed by atoms with Crippen molar-refractivity contribution in [2.75, 3.05) is 7.11 Å². The number of nitrogens with zero attached hydrogens (tertiary/aromatic N) is 1. The quantitative estimate of drug-likeness (QED) is 0.615. The van der Waals surface area contributed by atoms with E-state index in [9.17, 15) is 18.3 Å². The monoisotopic (exact) mass is 334 g/mol. The van der Waals surface area contributed by atoms with Crippen LogP contribution < -0.4 is 9.57 Å². The van der Waals surface area contributed by atoms with E-state index in [-0.39, 0.29) is 10.5 Å². The Morgan fingerprint density at radius 3 is 2.22 bits per heavy atom. The minimum atomic E-state index is -3.98. The van der Waals surface area contributed by atoms with Crippen LogP contribution in [-0.4, -0.2) is 32.3 Å². The molecule has 7 nitrogen and oxygen atoms in total. The summed E-state index contributed by atoms with van der Waals surface area (Å²) in [6, 6.07) is 13.6. The summed E-state index contributed by atoms with van der Waals surface area (Å²) in [5.74, 6) is -0.836. The zero-order valence-corrected chi connectivity index (χ0v) is 12.9. The van der Waals surface area contributed by atoms with Gasteiger partial charge in [-0.2, -0.15) is 18.4 Å². The molecule has 0 unspecified atom stereocenters. The van der Waals surface area contributed by atoms with E-state index in [1.807, 2.05) is 4.83 Å². The fraction of sp³-hybridized carbons (Fsp3) is 0.0667. The Kier molecular flexibility index (Phi) is 4.97. The van der Waals surface area contributed by atoms with Crippen LogP contribution in [0, 0.1) is 0 Å². The molecule has 0 radical (unpaired) electrons. The summed E-state index contributed by atoms with van der Waals surface area (Å²) in [7, 11) is -2.51. The third kappa shape index (κ3) is 4.07. The molecular weight excluding hydrogens is 320 g/mol. The molecule has 0 aliphatic carbocycles. The number of benzene rings is 2. The summed E-state index contributed by atoms with van der Waals surface area (Å²) >= 11 is 0. The molecule has 0 aromatic heterocycles. The molecule has 0 saturated carbocycles. The van der Waals surface area contributed by atoms with E-state index in [1.165, 1.54) is 43.5 Å². The van der Waals surface area contributed by atoms with Gasteiger partial charge in [0.1, 0.15) is 5.75 Å². The highest BCUT2D eigenvalue weighted by atomic mass is 32.2. The van der Waals surface area contributed by atoms with Gasteiger partial charge in [-0.3, -0.25) is 0 Å². The number of carboxylic acids is 1. The molecular formula is C15H14N2O5S. The maximum absolute atomic E-state index is 12.1. The van der Waals surface area contributed by atoms with Crippen LogP contribution in [0.4, 0.5) is 0 Å². The number of nitrogens with one attached hydrogen (secondary N) is 1. The molecule has 120 valence electrons. The van der Waals surface area contributed by atoms with Gasteiger partial charge in [0.25, 0.3) is 10.0 Å². The molecule has 8 heteroatoms. The van der Waals surface area contributed by atoms with Crippen molar-refractivity contribution in [1.29, 1.82) is 0 Å². The van der Waals surface area contributed by atoms with Crippen LogP contribution in [0.1, 0.15) is 5.56 Å². The van der Waals surface area contributed by atoms with Crippen LogP contribution in [-0.2, 0) is 14.8 Å². The van der Waals surface area contributed by atoms with Crippen LogP contribution >= 0.6 is 0 Å². The van der Waals surface area contributed by atoms with E-state index in [0.29, 0.717) is 5.75 Å². The second-order valence-electron chi connectivity index (χ2n) is 4.40. The first kappa shape index (κ1) is 16.5. The fourth-order valence-corrected chi connectivity index (χ4v) is 2.56. The molecule has 0 bridgehead atoms. The average molecular weight is 334 g/mol. The number of hydrogen-bond acceptors (Lipinski definition) is 5. The lowest BCUT2D eigenvalue weighted by molar-refractivity contribution is -0.129. The lowest BCUT2D eigenvalue weighted by atomic mass is 10.1. The minimum absolute atomic E-state index is 0.0557. The Labute approximate surface area is 133 Å². The molecule has 0 amide bonds. The van der Waals surface area contributed by atoms with E-state index >= 15 is 0 Å². The average Bonchev–Trinajstić information content (AvgIpc) is 2.55.